The quantitative estimate of drug-likeness (QED) is 0.802. The van der Waals surface area contributed by atoms with Crippen LogP contribution in [0, 0.1) is 19.3 Å². The molecule has 0 saturated carbocycles. The molecule has 3 heteroatoms. The van der Waals surface area contributed by atoms with Crippen LogP contribution in [0.2, 0.25) is 0 Å². The van der Waals surface area contributed by atoms with E-state index >= 15 is 0 Å². The van der Waals surface area contributed by atoms with Crippen LogP contribution in [0.4, 0.5) is 0 Å². The van der Waals surface area contributed by atoms with Crippen LogP contribution in [-0.2, 0) is 6.54 Å². The summed E-state index contributed by atoms with van der Waals surface area (Å²) in [4.78, 5) is 0. The Bertz CT molecular complexity index is 353. The van der Waals surface area contributed by atoms with Crippen molar-refractivity contribution in [2.45, 2.75) is 53.7 Å². The fraction of sp³-hybridized carbons (Fsp3) is 0.714. The standard InChI is InChI=1S/C14H25NO2/c1-10(16)7-14(4,5)9-15-8-13-6-11(2)17-12(13)3/h6,10,15-16H,7-9H2,1-5H3. The Morgan fingerprint density at radius 3 is 2.53 bits per heavy atom. The van der Waals surface area contributed by atoms with Crippen molar-refractivity contribution in [2.75, 3.05) is 6.54 Å². The van der Waals surface area contributed by atoms with E-state index in [-0.39, 0.29) is 11.5 Å². The first-order chi connectivity index (χ1) is 7.80. The molecule has 0 aliphatic carbocycles. The van der Waals surface area contributed by atoms with Crippen molar-refractivity contribution in [3.63, 3.8) is 0 Å². The summed E-state index contributed by atoms with van der Waals surface area (Å²) in [5.74, 6) is 1.95. The molecule has 0 fully saturated rings. The van der Waals surface area contributed by atoms with Crippen LogP contribution in [0.15, 0.2) is 10.5 Å². The van der Waals surface area contributed by atoms with Crippen LogP contribution in [0.3, 0.4) is 0 Å². The van der Waals surface area contributed by atoms with Gasteiger partial charge in [0, 0.05) is 18.7 Å². The lowest BCUT2D eigenvalue weighted by molar-refractivity contribution is 0.128. The van der Waals surface area contributed by atoms with Gasteiger partial charge < -0.3 is 14.8 Å². The molecule has 2 N–H and O–H groups in total. The third-order valence-electron chi connectivity index (χ3n) is 2.91. The number of aryl methyl sites for hydroxylation is 2. The number of aliphatic hydroxyl groups is 1. The molecule has 0 amide bonds. The van der Waals surface area contributed by atoms with Crippen LogP contribution in [0.5, 0.6) is 0 Å². The van der Waals surface area contributed by atoms with Crippen LogP contribution in [-0.4, -0.2) is 17.8 Å². The van der Waals surface area contributed by atoms with Crippen molar-refractivity contribution >= 4 is 0 Å². The van der Waals surface area contributed by atoms with Crippen molar-refractivity contribution in [1.82, 2.24) is 5.32 Å². The van der Waals surface area contributed by atoms with Gasteiger partial charge >= 0.3 is 0 Å². The molecule has 1 atom stereocenters. The topological polar surface area (TPSA) is 45.4 Å². The number of nitrogens with one attached hydrogen (secondary N) is 1. The minimum Gasteiger partial charge on any atom is -0.466 e. The van der Waals surface area contributed by atoms with E-state index in [1.807, 2.05) is 20.8 Å². The highest BCUT2D eigenvalue weighted by atomic mass is 16.3. The summed E-state index contributed by atoms with van der Waals surface area (Å²) in [6.45, 7) is 11.8. The summed E-state index contributed by atoms with van der Waals surface area (Å²) in [6, 6.07) is 2.07. The molecule has 3 nitrogen and oxygen atoms in total. The lowest BCUT2D eigenvalue weighted by atomic mass is 9.87. The molecule has 1 heterocycles. The molecular weight excluding hydrogens is 214 g/mol. The molecule has 0 bridgehead atoms. The third-order valence-corrected chi connectivity index (χ3v) is 2.91. The molecule has 0 aromatic carbocycles. The van der Waals surface area contributed by atoms with Gasteiger partial charge in [-0.25, -0.2) is 0 Å². The molecule has 0 aliphatic rings. The maximum Gasteiger partial charge on any atom is 0.105 e. The molecule has 0 radical (unpaired) electrons. The van der Waals surface area contributed by atoms with Gasteiger partial charge in [-0.1, -0.05) is 13.8 Å². The third kappa shape index (κ3) is 4.92. The summed E-state index contributed by atoms with van der Waals surface area (Å²) in [5, 5.41) is 12.8. The zero-order valence-electron chi connectivity index (χ0n) is 11.6. The number of furan rings is 1. The largest absolute Gasteiger partial charge is 0.466 e. The van der Waals surface area contributed by atoms with Gasteiger partial charge in [-0.3, -0.25) is 0 Å². The smallest absolute Gasteiger partial charge is 0.105 e. The van der Waals surface area contributed by atoms with E-state index in [2.05, 4.69) is 25.2 Å². The average Bonchev–Trinajstić information content (AvgIpc) is 2.42. The first-order valence-corrected chi connectivity index (χ1v) is 6.25. The summed E-state index contributed by atoms with van der Waals surface area (Å²) in [5.41, 5.74) is 1.33. The predicted molar refractivity (Wildman–Crippen MR) is 70.0 cm³/mol. The Labute approximate surface area is 104 Å². The van der Waals surface area contributed by atoms with Gasteiger partial charge in [0.25, 0.3) is 0 Å². The minimum absolute atomic E-state index is 0.112. The second-order valence-electron chi connectivity index (χ2n) is 5.76. The van der Waals surface area contributed by atoms with Crippen molar-refractivity contribution in [2.24, 2.45) is 5.41 Å². The van der Waals surface area contributed by atoms with Gasteiger partial charge in [-0.05, 0) is 38.7 Å². The summed E-state index contributed by atoms with van der Waals surface area (Å²) >= 11 is 0. The van der Waals surface area contributed by atoms with E-state index in [1.165, 1.54) is 5.56 Å². The number of hydrogen-bond donors (Lipinski definition) is 2. The Morgan fingerprint density at radius 2 is 2.06 bits per heavy atom. The Kier molecular flexibility index (Phi) is 4.78. The summed E-state index contributed by atoms with van der Waals surface area (Å²) < 4.78 is 5.48. The minimum atomic E-state index is -0.246. The molecule has 0 saturated heterocycles. The van der Waals surface area contributed by atoms with Gasteiger partial charge in [-0.2, -0.15) is 0 Å². The van der Waals surface area contributed by atoms with E-state index < -0.39 is 0 Å². The first kappa shape index (κ1) is 14.3. The van der Waals surface area contributed by atoms with E-state index in [1.54, 1.807) is 0 Å². The van der Waals surface area contributed by atoms with Gasteiger partial charge in [0.1, 0.15) is 11.5 Å². The highest BCUT2D eigenvalue weighted by Crippen LogP contribution is 2.21. The molecule has 0 aliphatic heterocycles. The fourth-order valence-corrected chi connectivity index (χ4v) is 2.27. The molecule has 1 unspecified atom stereocenters. The van der Waals surface area contributed by atoms with E-state index in [0.29, 0.717) is 0 Å². The van der Waals surface area contributed by atoms with E-state index in [0.717, 1.165) is 31.0 Å². The Balaban J connectivity index is 2.39. The molecule has 1 aromatic heterocycles. The van der Waals surface area contributed by atoms with Crippen molar-refractivity contribution in [3.05, 3.63) is 23.2 Å². The monoisotopic (exact) mass is 239 g/mol. The average molecular weight is 239 g/mol. The van der Waals surface area contributed by atoms with E-state index in [4.69, 9.17) is 4.42 Å². The zero-order chi connectivity index (χ0) is 13.1. The predicted octanol–water partition coefficient (Wildman–Crippen LogP) is 2.78. The number of aliphatic hydroxyl groups excluding tert-OH is 1. The molecule has 98 valence electrons. The highest BCUT2D eigenvalue weighted by Gasteiger charge is 2.19. The fourth-order valence-electron chi connectivity index (χ4n) is 2.27. The zero-order valence-corrected chi connectivity index (χ0v) is 11.6. The van der Waals surface area contributed by atoms with Crippen LogP contribution in [0.25, 0.3) is 0 Å². The lowest BCUT2D eigenvalue weighted by Crippen LogP contribution is -2.31. The van der Waals surface area contributed by atoms with Gasteiger partial charge in [0.2, 0.25) is 0 Å². The second kappa shape index (κ2) is 5.69. The second-order valence-corrected chi connectivity index (χ2v) is 5.76. The number of rotatable bonds is 6. The molecule has 1 aromatic rings. The van der Waals surface area contributed by atoms with Gasteiger partial charge in [0.15, 0.2) is 0 Å². The van der Waals surface area contributed by atoms with Crippen LogP contribution < -0.4 is 5.32 Å². The van der Waals surface area contributed by atoms with Crippen molar-refractivity contribution in [1.29, 1.82) is 0 Å². The van der Waals surface area contributed by atoms with Crippen molar-refractivity contribution < 1.29 is 9.52 Å². The Morgan fingerprint density at radius 1 is 1.41 bits per heavy atom. The normalized spacial score (nSPS) is 14.0. The van der Waals surface area contributed by atoms with Gasteiger partial charge in [0.05, 0.1) is 6.10 Å². The summed E-state index contributed by atoms with van der Waals surface area (Å²) in [7, 11) is 0. The SMILES string of the molecule is Cc1cc(CNCC(C)(C)CC(C)O)c(C)o1. The highest BCUT2D eigenvalue weighted by molar-refractivity contribution is 5.19. The number of hydrogen-bond acceptors (Lipinski definition) is 3. The first-order valence-electron chi connectivity index (χ1n) is 6.25. The van der Waals surface area contributed by atoms with E-state index in [9.17, 15) is 5.11 Å². The maximum atomic E-state index is 9.41. The molecule has 1 rings (SSSR count). The van der Waals surface area contributed by atoms with Crippen LogP contribution >= 0.6 is 0 Å². The molecule has 17 heavy (non-hydrogen) atoms. The van der Waals surface area contributed by atoms with Gasteiger partial charge in [-0.15, -0.1) is 0 Å². The summed E-state index contributed by atoms with van der Waals surface area (Å²) in [6.07, 6.45) is 0.563. The van der Waals surface area contributed by atoms with Crippen molar-refractivity contribution in [3.8, 4) is 0 Å². The molecule has 0 spiro atoms. The lowest BCUT2D eigenvalue weighted by Gasteiger charge is -2.26. The molecular formula is C14H25NO2. The Hall–Kier alpha value is -0.800. The van der Waals surface area contributed by atoms with Crippen LogP contribution in [0.1, 0.15) is 44.3 Å². The maximum absolute atomic E-state index is 9.41.